The summed E-state index contributed by atoms with van der Waals surface area (Å²) in [6.07, 6.45) is 0. The minimum Gasteiger partial charge on any atom is -0.250 e. The summed E-state index contributed by atoms with van der Waals surface area (Å²) in [6, 6.07) is 0. The van der Waals surface area contributed by atoms with Crippen molar-refractivity contribution in [2.24, 2.45) is 5.41 Å². The van der Waals surface area contributed by atoms with Crippen LogP contribution >= 0.6 is 0 Å². The Balaban J connectivity index is 3.36. The lowest BCUT2D eigenvalue weighted by Gasteiger charge is -2.12. The van der Waals surface area contributed by atoms with Crippen LogP contribution in [-0.2, 0) is 0 Å². The van der Waals surface area contributed by atoms with Crippen molar-refractivity contribution in [2.75, 3.05) is 13.3 Å². The number of halogens is 2. The molecule has 0 spiro atoms. The van der Waals surface area contributed by atoms with E-state index in [1.807, 2.05) is 0 Å². The van der Waals surface area contributed by atoms with Gasteiger partial charge in [-0.3, -0.25) is 8.78 Å². The zero-order valence-electron chi connectivity index (χ0n) is 4.38. The number of hydrogen-bond donors (Lipinski definition) is 0. The van der Waals surface area contributed by atoms with Gasteiger partial charge in [0.1, 0.15) is 0 Å². The standard InChI is InChI=1S/C5H9F2/c1-5(2,3-6)4-7/h1,3-4H2,2H3. The van der Waals surface area contributed by atoms with Crippen LogP contribution in [0.1, 0.15) is 6.92 Å². The fourth-order valence-corrected chi connectivity index (χ4v) is 0.0357. The lowest BCUT2D eigenvalue weighted by Crippen LogP contribution is -2.16. The van der Waals surface area contributed by atoms with E-state index in [0.717, 1.165) is 0 Å². The van der Waals surface area contributed by atoms with E-state index >= 15 is 0 Å². The molecular weight excluding hydrogens is 98.1 g/mol. The van der Waals surface area contributed by atoms with Crippen molar-refractivity contribution in [3.05, 3.63) is 6.92 Å². The van der Waals surface area contributed by atoms with Crippen LogP contribution in [0.25, 0.3) is 0 Å². The summed E-state index contributed by atoms with van der Waals surface area (Å²) < 4.78 is 22.9. The quantitative estimate of drug-likeness (QED) is 0.504. The van der Waals surface area contributed by atoms with Gasteiger partial charge in [-0.15, -0.1) is 0 Å². The Morgan fingerprint density at radius 3 is 1.71 bits per heavy atom. The molecule has 0 aromatic rings. The number of hydrogen-bond acceptors (Lipinski definition) is 0. The zero-order chi connectivity index (χ0) is 5.91. The Morgan fingerprint density at radius 1 is 1.43 bits per heavy atom. The van der Waals surface area contributed by atoms with Crippen molar-refractivity contribution in [2.45, 2.75) is 6.92 Å². The molecule has 0 aliphatic heterocycles. The van der Waals surface area contributed by atoms with Crippen LogP contribution < -0.4 is 0 Å². The normalized spacial score (nSPS) is 12.0. The predicted molar refractivity (Wildman–Crippen MR) is 25.4 cm³/mol. The van der Waals surface area contributed by atoms with E-state index in [2.05, 4.69) is 6.92 Å². The molecule has 0 rings (SSSR count). The van der Waals surface area contributed by atoms with Crippen molar-refractivity contribution < 1.29 is 8.78 Å². The second-order valence-electron chi connectivity index (χ2n) is 2.08. The van der Waals surface area contributed by atoms with Gasteiger partial charge >= 0.3 is 0 Å². The largest absolute Gasteiger partial charge is 0.250 e. The molecule has 0 aliphatic rings. The summed E-state index contributed by atoms with van der Waals surface area (Å²) >= 11 is 0. The number of rotatable bonds is 2. The maximum Gasteiger partial charge on any atom is 0.0972 e. The van der Waals surface area contributed by atoms with Gasteiger partial charge in [0.2, 0.25) is 0 Å². The zero-order valence-corrected chi connectivity index (χ0v) is 4.38. The first-order chi connectivity index (χ1) is 3.12. The van der Waals surface area contributed by atoms with Crippen LogP contribution in [-0.4, -0.2) is 13.3 Å². The van der Waals surface area contributed by atoms with Crippen molar-refractivity contribution >= 4 is 0 Å². The lowest BCUT2D eigenvalue weighted by atomic mass is 9.98. The van der Waals surface area contributed by atoms with Crippen LogP contribution in [0.2, 0.25) is 0 Å². The highest BCUT2D eigenvalue weighted by molar-refractivity contribution is 4.73. The molecule has 0 bridgehead atoms. The van der Waals surface area contributed by atoms with Gasteiger partial charge < -0.3 is 0 Å². The van der Waals surface area contributed by atoms with Gasteiger partial charge in [0.05, 0.1) is 13.3 Å². The van der Waals surface area contributed by atoms with E-state index in [1.165, 1.54) is 6.92 Å². The molecule has 0 aromatic heterocycles. The van der Waals surface area contributed by atoms with Gasteiger partial charge in [0.25, 0.3) is 0 Å². The van der Waals surface area contributed by atoms with Gasteiger partial charge in [-0.1, -0.05) is 6.92 Å². The Hall–Kier alpha value is -0.140. The maximum absolute atomic E-state index is 11.5. The first-order valence-corrected chi connectivity index (χ1v) is 2.10. The third kappa shape index (κ3) is 2.54. The van der Waals surface area contributed by atoms with E-state index in [-0.39, 0.29) is 0 Å². The summed E-state index contributed by atoms with van der Waals surface area (Å²) in [5, 5.41) is 0. The predicted octanol–water partition coefficient (Wildman–Crippen LogP) is 1.77. The van der Waals surface area contributed by atoms with Crippen LogP contribution in [0.5, 0.6) is 0 Å². The van der Waals surface area contributed by atoms with Gasteiger partial charge in [-0.25, -0.2) is 0 Å². The Bertz CT molecular complexity index is 44.0. The molecule has 0 aromatic carbocycles. The topological polar surface area (TPSA) is 0 Å². The minimum atomic E-state index is -1.00. The summed E-state index contributed by atoms with van der Waals surface area (Å²) in [7, 11) is 0. The molecule has 0 nitrogen and oxygen atoms in total. The van der Waals surface area contributed by atoms with E-state index in [1.54, 1.807) is 0 Å². The Labute approximate surface area is 42.5 Å². The molecule has 0 heterocycles. The molecule has 1 radical (unpaired) electrons. The SMILES string of the molecule is [CH2]C(C)(CF)CF. The van der Waals surface area contributed by atoms with Crippen LogP contribution in [0, 0.1) is 12.3 Å². The van der Waals surface area contributed by atoms with E-state index in [0.29, 0.717) is 0 Å². The average molecular weight is 107 g/mol. The molecule has 0 atom stereocenters. The minimum absolute atomic E-state index is 0.691. The average Bonchev–Trinajstić information content (AvgIpc) is 1.68. The van der Waals surface area contributed by atoms with E-state index < -0.39 is 18.8 Å². The summed E-state index contributed by atoms with van der Waals surface area (Å²) in [4.78, 5) is 0. The Morgan fingerprint density at radius 2 is 1.71 bits per heavy atom. The molecule has 0 saturated carbocycles. The first kappa shape index (κ1) is 6.86. The fourth-order valence-electron chi connectivity index (χ4n) is 0.0357. The van der Waals surface area contributed by atoms with Crippen molar-refractivity contribution in [3.8, 4) is 0 Å². The molecule has 43 valence electrons. The van der Waals surface area contributed by atoms with E-state index in [4.69, 9.17) is 0 Å². The molecule has 0 N–H and O–H groups in total. The van der Waals surface area contributed by atoms with Gasteiger partial charge in [0, 0.05) is 5.41 Å². The lowest BCUT2D eigenvalue weighted by molar-refractivity contribution is 0.227. The van der Waals surface area contributed by atoms with Gasteiger partial charge in [-0.05, 0) is 6.92 Å². The van der Waals surface area contributed by atoms with E-state index in [9.17, 15) is 8.78 Å². The fraction of sp³-hybridized carbons (Fsp3) is 0.800. The smallest absolute Gasteiger partial charge is 0.0972 e. The highest BCUT2D eigenvalue weighted by atomic mass is 19.1. The molecule has 0 saturated heterocycles. The van der Waals surface area contributed by atoms with Crippen molar-refractivity contribution in [1.82, 2.24) is 0 Å². The summed E-state index contributed by atoms with van der Waals surface area (Å²) in [6.45, 7) is 3.31. The molecule has 0 unspecified atom stereocenters. The second-order valence-corrected chi connectivity index (χ2v) is 2.08. The number of alkyl halides is 2. The summed E-state index contributed by atoms with van der Waals surface area (Å²) in [5.41, 5.74) is -1.00. The molecule has 7 heavy (non-hydrogen) atoms. The van der Waals surface area contributed by atoms with Crippen LogP contribution in [0.4, 0.5) is 8.78 Å². The molecule has 2 heteroatoms. The second kappa shape index (κ2) is 2.24. The Kier molecular flexibility index (Phi) is 2.20. The van der Waals surface area contributed by atoms with Crippen LogP contribution in [0.3, 0.4) is 0 Å². The molecule has 0 aliphatic carbocycles. The van der Waals surface area contributed by atoms with Gasteiger partial charge in [0.15, 0.2) is 0 Å². The highest BCUT2D eigenvalue weighted by Gasteiger charge is 2.16. The molecule has 0 fully saturated rings. The van der Waals surface area contributed by atoms with Crippen molar-refractivity contribution in [1.29, 1.82) is 0 Å². The van der Waals surface area contributed by atoms with Gasteiger partial charge in [-0.2, -0.15) is 0 Å². The summed E-state index contributed by atoms with van der Waals surface area (Å²) in [5.74, 6) is 0. The highest BCUT2D eigenvalue weighted by Crippen LogP contribution is 2.14. The monoisotopic (exact) mass is 107 g/mol. The van der Waals surface area contributed by atoms with Crippen molar-refractivity contribution in [3.63, 3.8) is 0 Å². The third-order valence-corrected chi connectivity index (χ3v) is 0.645. The van der Waals surface area contributed by atoms with Crippen LogP contribution in [0.15, 0.2) is 0 Å². The molecule has 0 amide bonds. The third-order valence-electron chi connectivity index (χ3n) is 0.645. The first-order valence-electron chi connectivity index (χ1n) is 2.10. The molecular formula is C5H9F2. The maximum atomic E-state index is 11.5.